The van der Waals surface area contributed by atoms with Gasteiger partial charge >= 0.3 is 19.8 Å². The molecule has 13 nitrogen and oxygen atoms in total. The molecule has 5 atom stereocenters. The first-order valence-electron chi connectivity index (χ1n) is 10.7. The molecular formula is C21H27N3O10P+. The van der Waals surface area contributed by atoms with Crippen LogP contribution in [0.15, 0.2) is 52.2 Å². The van der Waals surface area contributed by atoms with Gasteiger partial charge in [0.05, 0.1) is 12.7 Å². The first kappa shape index (κ1) is 26.7. The van der Waals surface area contributed by atoms with Crippen molar-refractivity contribution in [1.82, 2.24) is 14.4 Å². The number of hydroxylamine groups is 1. The quantitative estimate of drug-likeness (QED) is 0.179. The Labute approximate surface area is 201 Å². The molecule has 2 heterocycles. The Morgan fingerprint density at radius 2 is 2.03 bits per heavy atom. The van der Waals surface area contributed by atoms with Crippen molar-refractivity contribution in [1.29, 1.82) is 0 Å². The minimum atomic E-state index is -2.75. The second-order valence-corrected chi connectivity index (χ2v) is 8.65. The predicted octanol–water partition coefficient (Wildman–Crippen LogP) is 0.733. The predicted molar refractivity (Wildman–Crippen MR) is 121 cm³/mol. The zero-order chi connectivity index (χ0) is 25.4. The molecule has 1 aliphatic heterocycles. The SMILES string of the molecule is COCCOC(=O)C(C)N(Oc1ccccc1)[P+](=O)OC[C@H]1O[C@@H](n2ccc(=O)[nH]c2=O)C[C@@H]1O. The number of aromatic amines is 1. The van der Waals surface area contributed by atoms with Gasteiger partial charge in [0.2, 0.25) is 0 Å². The molecule has 3 rings (SSSR count). The summed E-state index contributed by atoms with van der Waals surface area (Å²) in [5, 5.41) is 10.4. The van der Waals surface area contributed by atoms with E-state index in [-0.39, 0.29) is 26.2 Å². The maximum atomic E-state index is 13.0. The molecule has 2 unspecified atom stereocenters. The van der Waals surface area contributed by atoms with Gasteiger partial charge in [-0.2, -0.15) is 0 Å². The highest BCUT2D eigenvalue weighted by molar-refractivity contribution is 7.36. The van der Waals surface area contributed by atoms with E-state index in [1.807, 2.05) is 0 Å². The summed E-state index contributed by atoms with van der Waals surface area (Å²) in [6.07, 6.45) is -1.52. The highest BCUT2D eigenvalue weighted by Crippen LogP contribution is 2.35. The van der Waals surface area contributed by atoms with E-state index in [1.54, 1.807) is 30.3 Å². The first-order chi connectivity index (χ1) is 16.8. The molecule has 1 aromatic carbocycles. The standard InChI is InChI=1S/C21H26N3O10P/c1-14(20(27)31-11-10-30-2)24(34-15-6-4-3-5-7-15)35(29)32-13-17-16(25)12-19(33-17)23-9-8-18(26)22-21(23)28/h3-9,14,16-17,19,25H,10-13H2,1-2H3/p+1/t14?,16-,17+,19+/m0/s1. The monoisotopic (exact) mass is 512 g/mol. The molecule has 1 aromatic heterocycles. The summed E-state index contributed by atoms with van der Waals surface area (Å²) in [7, 11) is -1.29. The van der Waals surface area contributed by atoms with E-state index in [4.69, 9.17) is 23.6 Å². The van der Waals surface area contributed by atoms with Gasteiger partial charge in [0.15, 0.2) is 11.8 Å². The van der Waals surface area contributed by atoms with Gasteiger partial charge in [-0.15, -0.1) is 4.52 Å². The summed E-state index contributed by atoms with van der Waals surface area (Å²) in [5.74, 6) is -0.398. The minimum Gasteiger partial charge on any atom is -0.462 e. The van der Waals surface area contributed by atoms with Crippen molar-refractivity contribution in [3.05, 3.63) is 63.4 Å². The molecule has 1 aliphatic rings. The van der Waals surface area contributed by atoms with Crippen LogP contribution in [0, 0.1) is 0 Å². The number of aromatic nitrogens is 2. The highest BCUT2D eigenvalue weighted by Gasteiger charge is 2.45. The fourth-order valence-corrected chi connectivity index (χ4v) is 4.09. The Morgan fingerprint density at radius 3 is 2.71 bits per heavy atom. The van der Waals surface area contributed by atoms with Crippen LogP contribution in [-0.2, 0) is 28.1 Å². The molecule has 190 valence electrons. The number of carbonyl (C=O) groups excluding carboxylic acids is 1. The molecule has 0 radical (unpaired) electrons. The van der Waals surface area contributed by atoms with Crippen LogP contribution in [0.25, 0.3) is 0 Å². The van der Waals surface area contributed by atoms with Crippen LogP contribution >= 0.6 is 8.18 Å². The molecule has 35 heavy (non-hydrogen) atoms. The van der Waals surface area contributed by atoms with Gasteiger partial charge in [0.25, 0.3) is 5.56 Å². The lowest BCUT2D eigenvalue weighted by molar-refractivity contribution is -0.156. The Morgan fingerprint density at radius 1 is 1.29 bits per heavy atom. The molecule has 0 saturated carbocycles. The molecule has 2 N–H and O–H groups in total. The van der Waals surface area contributed by atoms with Crippen LogP contribution in [0.2, 0.25) is 0 Å². The van der Waals surface area contributed by atoms with E-state index in [9.17, 15) is 24.1 Å². The van der Waals surface area contributed by atoms with E-state index in [0.717, 1.165) is 15.5 Å². The van der Waals surface area contributed by atoms with Crippen molar-refractivity contribution in [3.63, 3.8) is 0 Å². The average molecular weight is 512 g/mol. The molecule has 0 bridgehead atoms. The molecule has 1 saturated heterocycles. The van der Waals surface area contributed by atoms with Crippen molar-refractivity contribution in [3.8, 4) is 5.75 Å². The zero-order valence-corrected chi connectivity index (χ0v) is 20.0. The van der Waals surface area contributed by atoms with Crippen molar-refractivity contribution in [2.45, 2.75) is 37.8 Å². The fraction of sp³-hybridized carbons (Fsp3) is 0.476. The summed E-state index contributed by atoms with van der Waals surface area (Å²) < 4.78 is 35.2. The number of carbonyl (C=O) groups is 1. The van der Waals surface area contributed by atoms with Crippen molar-refractivity contribution in [2.24, 2.45) is 0 Å². The van der Waals surface area contributed by atoms with Gasteiger partial charge < -0.3 is 24.2 Å². The number of hydrogen-bond donors (Lipinski definition) is 2. The molecule has 0 aliphatic carbocycles. The third kappa shape index (κ3) is 7.28. The number of aliphatic hydroxyl groups excluding tert-OH is 1. The summed E-state index contributed by atoms with van der Waals surface area (Å²) >= 11 is 0. The van der Waals surface area contributed by atoms with Crippen LogP contribution < -0.4 is 16.1 Å². The molecule has 0 spiro atoms. The van der Waals surface area contributed by atoms with E-state index in [0.29, 0.717) is 5.75 Å². The van der Waals surface area contributed by atoms with Gasteiger partial charge in [-0.05, 0) is 23.6 Å². The van der Waals surface area contributed by atoms with Gasteiger partial charge in [-0.1, -0.05) is 18.2 Å². The topological polar surface area (TPSA) is 159 Å². The van der Waals surface area contributed by atoms with E-state index >= 15 is 0 Å². The van der Waals surface area contributed by atoms with Crippen LogP contribution in [0.4, 0.5) is 0 Å². The number of nitrogens with zero attached hydrogens (tertiary/aromatic N) is 2. The lowest BCUT2D eigenvalue weighted by Gasteiger charge is -2.18. The lowest BCUT2D eigenvalue weighted by Crippen LogP contribution is -2.39. The number of ether oxygens (including phenoxy) is 3. The summed E-state index contributed by atoms with van der Waals surface area (Å²) in [5.41, 5.74) is -1.25. The Kier molecular flexibility index (Phi) is 9.66. The maximum Gasteiger partial charge on any atom is 0.653 e. The summed E-state index contributed by atoms with van der Waals surface area (Å²) in [4.78, 5) is 44.3. The third-order valence-electron chi connectivity index (χ3n) is 5.02. The number of para-hydroxylation sites is 1. The Hall–Kier alpha value is -2.93. The smallest absolute Gasteiger partial charge is 0.462 e. The average Bonchev–Trinajstić information content (AvgIpc) is 3.21. The van der Waals surface area contributed by atoms with Gasteiger partial charge in [-0.25, -0.2) is 4.79 Å². The number of aliphatic hydroxyl groups is 1. The fourth-order valence-electron chi connectivity index (χ4n) is 3.16. The number of H-pyrrole nitrogens is 1. The van der Waals surface area contributed by atoms with Crippen LogP contribution in [0.1, 0.15) is 19.6 Å². The van der Waals surface area contributed by atoms with Crippen LogP contribution in [0.5, 0.6) is 5.75 Å². The number of nitrogens with one attached hydrogen (secondary N) is 1. The third-order valence-corrected chi connectivity index (χ3v) is 6.14. The molecule has 14 heteroatoms. The van der Waals surface area contributed by atoms with Crippen LogP contribution in [0.3, 0.4) is 0 Å². The second-order valence-electron chi connectivity index (χ2n) is 7.53. The lowest BCUT2D eigenvalue weighted by atomic mass is 10.2. The zero-order valence-electron chi connectivity index (χ0n) is 19.1. The number of benzene rings is 1. The number of methoxy groups -OCH3 is 1. The minimum absolute atomic E-state index is 0.00407. The normalized spacial score (nSPS) is 21.0. The number of hydrogen-bond acceptors (Lipinski definition) is 10. The second kappa shape index (κ2) is 12.7. The van der Waals surface area contributed by atoms with E-state index < -0.39 is 49.9 Å². The summed E-state index contributed by atoms with van der Waals surface area (Å²) in [6.45, 7) is 1.31. The summed E-state index contributed by atoms with van der Waals surface area (Å²) in [6, 6.07) is 8.42. The van der Waals surface area contributed by atoms with E-state index in [1.165, 1.54) is 20.2 Å². The molecular weight excluding hydrogens is 485 g/mol. The molecule has 2 aromatic rings. The van der Waals surface area contributed by atoms with Crippen molar-refractivity contribution >= 4 is 14.1 Å². The first-order valence-corrected chi connectivity index (χ1v) is 11.9. The van der Waals surface area contributed by atoms with Gasteiger partial charge in [0.1, 0.15) is 30.4 Å². The van der Waals surface area contributed by atoms with Crippen molar-refractivity contribution in [2.75, 3.05) is 26.9 Å². The maximum absolute atomic E-state index is 13.0. The van der Waals surface area contributed by atoms with Gasteiger partial charge in [-0.3, -0.25) is 19.1 Å². The van der Waals surface area contributed by atoms with Crippen molar-refractivity contribution < 1.29 is 38.0 Å². The Balaban J connectivity index is 1.65. The van der Waals surface area contributed by atoms with Gasteiger partial charge in [0, 0.05) is 25.8 Å². The van der Waals surface area contributed by atoms with Crippen LogP contribution in [-0.4, -0.2) is 70.6 Å². The largest absolute Gasteiger partial charge is 0.653 e. The highest BCUT2D eigenvalue weighted by atomic mass is 31.1. The number of rotatable bonds is 12. The molecule has 1 fully saturated rings. The number of esters is 1. The molecule has 0 amide bonds. The van der Waals surface area contributed by atoms with E-state index in [2.05, 4.69) is 4.98 Å². The Bertz CT molecular complexity index is 1110.